The highest BCUT2D eigenvalue weighted by molar-refractivity contribution is 5.78. The Morgan fingerprint density at radius 2 is 2.05 bits per heavy atom. The first-order valence-corrected chi connectivity index (χ1v) is 8.48. The Labute approximate surface area is 134 Å². The van der Waals surface area contributed by atoms with Crippen LogP contribution >= 0.6 is 0 Å². The molecule has 0 saturated heterocycles. The first-order chi connectivity index (χ1) is 10.5. The Morgan fingerprint density at radius 3 is 2.64 bits per heavy atom. The maximum Gasteiger partial charge on any atom is 0.236 e. The molecule has 0 heterocycles. The van der Waals surface area contributed by atoms with Gasteiger partial charge >= 0.3 is 0 Å². The van der Waals surface area contributed by atoms with Gasteiger partial charge in [-0.2, -0.15) is 5.26 Å². The number of rotatable bonds is 7. The zero-order valence-electron chi connectivity index (χ0n) is 14.2. The van der Waals surface area contributed by atoms with E-state index in [-0.39, 0.29) is 11.3 Å². The lowest BCUT2D eigenvalue weighted by Gasteiger charge is -2.57. The maximum atomic E-state index is 12.3. The molecule has 1 spiro atoms. The topological polar surface area (TPSA) is 56.6 Å². The van der Waals surface area contributed by atoms with E-state index in [4.69, 9.17) is 10.00 Å². The lowest BCUT2D eigenvalue weighted by Crippen LogP contribution is -2.63. The Kier molecular flexibility index (Phi) is 5.82. The van der Waals surface area contributed by atoms with Crippen LogP contribution in [0.2, 0.25) is 0 Å². The standard InChI is InChI=1S/C17H29N3O2/c1-4-22-15-12-14(17(15)8-5-6-9-17)20(3)13-16(21)19(2)11-7-10-18/h14-15H,4-9,11-13H2,1-3H3/t14-,15-/m1/s1. The van der Waals surface area contributed by atoms with E-state index in [1.165, 1.54) is 25.7 Å². The predicted molar refractivity (Wildman–Crippen MR) is 85.2 cm³/mol. The van der Waals surface area contributed by atoms with Crippen LogP contribution in [0.5, 0.6) is 0 Å². The van der Waals surface area contributed by atoms with Crippen molar-refractivity contribution in [3.63, 3.8) is 0 Å². The van der Waals surface area contributed by atoms with Gasteiger partial charge in [-0.1, -0.05) is 12.8 Å². The molecule has 0 radical (unpaired) electrons. The molecule has 0 aromatic rings. The molecule has 22 heavy (non-hydrogen) atoms. The summed E-state index contributed by atoms with van der Waals surface area (Å²) in [6.45, 7) is 3.79. The minimum atomic E-state index is 0.103. The van der Waals surface area contributed by atoms with Crippen LogP contribution in [-0.2, 0) is 9.53 Å². The highest BCUT2D eigenvalue weighted by Crippen LogP contribution is 2.56. The van der Waals surface area contributed by atoms with Crippen molar-refractivity contribution in [1.29, 1.82) is 5.26 Å². The monoisotopic (exact) mass is 307 g/mol. The summed E-state index contributed by atoms with van der Waals surface area (Å²) in [7, 11) is 3.84. The molecule has 5 nitrogen and oxygen atoms in total. The van der Waals surface area contributed by atoms with E-state index in [1.54, 1.807) is 11.9 Å². The van der Waals surface area contributed by atoms with Crippen LogP contribution < -0.4 is 0 Å². The molecule has 2 saturated carbocycles. The quantitative estimate of drug-likeness (QED) is 0.722. The highest BCUT2D eigenvalue weighted by Gasteiger charge is 2.58. The number of ether oxygens (including phenoxy) is 1. The molecule has 0 bridgehead atoms. The van der Waals surface area contributed by atoms with Gasteiger partial charge in [0.05, 0.1) is 25.1 Å². The largest absolute Gasteiger partial charge is 0.378 e. The molecule has 124 valence electrons. The van der Waals surface area contributed by atoms with Crippen molar-refractivity contribution in [2.75, 3.05) is 33.8 Å². The number of carbonyl (C=O) groups is 1. The van der Waals surface area contributed by atoms with Crippen molar-refractivity contribution in [1.82, 2.24) is 9.80 Å². The number of hydrogen-bond donors (Lipinski definition) is 0. The third-order valence-electron chi connectivity index (χ3n) is 5.55. The smallest absolute Gasteiger partial charge is 0.236 e. The second-order valence-electron chi connectivity index (χ2n) is 6.77. The fourth-order valence-electron chi connectivity index (χ4n) is 4.26. The molecular formula is C17H29N3O2. The van der Waals surface area contributed by atoms with Gasteiger partial charge in [-0.05, 0) is 33.2 Å². The highest BCUT2D eigenvalue weighted by atomic mass is 16.5. The zero-order valence-corrected chi connectivity index (χ0v) is 14.2. The van der Waals surface area contributed by atoms with Crippen LogP contribution in [0.15, 0.2) is 0 Å². The summed E-state index contributed by atoms with van der Waals surface area (Å²) in [5.41, 5.74) is 0.274. The Balaban J connectivity index is 1.91. The molecule has 5 heteroatoms. The molecule has 1 amide bonds. The van der Waals surface area contributed by atoms with Crippen LogP contribution in [0.4, 0.5) is 0 Å². The van der Waals surface area contributed by atoms with Crippen molar-refractivity contribution in [3.8, 4) is 6.07 Å². The van der Waals surface area contributed by atoms with Gasteiger partial charge in [0, 0.05) is 31.7 Å². The lowest BCUT2D eigenvalue weighted by atomic mass is 9.60. The molecule has 2 rings (SSSR count). The number of nitrogens with zero attached hydrogens (tertiary/aromatic N) is 3. The summed E-state index contributed by atoms with van der Waals surface area (Å²) < 4.78 is 5.94. The summed E-state index contributed by atoms with van der Waals surface area (Å²) in [6, 6.07) is 2.55. The second kappa shape index (κ2) is 7.43. The number of hydrogen-bond acceptors (Lipinski definition) is 4. The van der Waals surface area contributed by atoms with Crippen LogP contribution in [0.25, 0.3) is 0 Å². The van der Waals surface area contributed by atoms with Crippen molar-refractivity contribution < 1.29 is 9.53 Å². The van der Waals surface area contributed by atoms with Crippen molar-refractivity contribution >= 4 is 5.91 Å². The average molecular weight is 307 g/mol. The predicted octanol–water partition coefficient (Wildman–Crippen LogP) is 2.03. The number of likely N-dealkylation sites (N-methyl/N-ethyl adjacent to an activating group) is 2. The molecule has 2 aliphatic carbocycles. The van der Waals surface area contributed by atoms with E-state index < -0.39 is 0 Å². The number of amides is 1. The molecular weight excluding hydrogens is 278 g/mol. The lowest BCUT2D eigenvalue weighted by molar-refractivity contribution is -0.164. The summed E-state index contributed by atoms with van der Waals surface area (Å²) in [4.78, 5) is 16.1. The average Bonchev–Trinajstić information content (AvgIpc) is 3.00. The molecule has 0 aliphatic heterocycles. The summed E-state index contributed by atoms with van der Waals surface area (Å²) >= 11 is 0. The minimum absolute atomic E-state index is 0.103. The third-order valence-corrected chi connectivity index (χ3v) is 5.55. The Bertz CT molecular complexity index is 426. The van der Waals surface area contributed by atoms with Crippen LogP contribution in [0.3, 0.4) is 0 Å². The third kappa shape index (κ3) is 3.28. The first-order valence-electron chi connectivity index (χ1n) is 8.48. The van der Waals surface area contributed by atoms with Crippen molar-refractivity contribution in [2.24, 2.45) is 5.41 Å². The summed E-state index contributed by atoms with van der Waals surface area (Å²) in [5, 5.41) is 8.62. The molecule has 0 aromatic carbocycles. The molecule has 2 fully saturated rings. The van der Waals surface area contributed by atoms with Crippen LogP contribution in [0, 0.1) is 16.7 Å². The normalized spacial score (nSPS) is 26.0. The Hall–Kier alpha value is -1.12. The van der Waals surface area contributed by atoms with Gasteiger partial charge in [-0.3, -0.25) is 9.69 Å². The molecule has 2 atom stereocenters. The molecule has 0 aromatic heterocycles. The number of carbonyl (C=O) groups excluding carboxylic acids is 1. The van der Waals surface area contributed by atoms with Gasteiger partial charge in [0.25, 0.3) is 0 Å². The summed E-state index contributed by atoms with van der Waals surface area (Å²) in [5.74, 6) is 0.103. The molecule has 2 aliphatic rings. The SMILES string of the molecule is CCO[C@@H]1C[C@@H](N(C)CC(=O)N(C)CCC#N)C12CCCC2. The van der Waals surface area contributed by atoms with E-state index in [2.05, 4.69) is 24.9 Å². The summed E-state index contributed by atoms with van der Waals surface area (Å²) in [6.07, 6.45) is 6.83. The van der Waals surface area contributed by atoms with E-state index in [0.717, 1.165) is 13.0 Å². The van der Waals surface area contributed by atoms with Crippen molar-refractivity contribution in [2.45, 2.75) is 57.6 Å². The van der Waals surface area contributed by atoms with Gasteiger partial charge < -0.3 is 9.64 Å². The van der Waals surface area contributed by atoms with Gasteiger partial charge in [0.1, 0.15) is 0 Å². The fourth-order valence-corrected chi connectivity index (χ4v) is 4.26. The molecule has 0 unspecified atom stereocenters. The van der Waals surface area contributed by atoms with Crippen molar-refractivity contribution in [3.05, 3.63) is 0 Å². The first kappa shape index (κ1) is 17.2. The zero-order chi connectivity index (χ0) is 16.2. The Morgan fingerprint density at radius 1 is 1.36 bits per heavy atom. The minimum Gasteiger partial charge on any atom is -0.378 e. The fraction of sp³-hybridized carbons (Fsp3) is 0.882. The van der Waals surface area contributed by atoms with E-state index >= 15 is 0 Å². The number of nitriles is 1. The second-order valence-corrected chi connectivity index (χ2v) is 6.77. The van der Waals surface area contributed by atoms with Gasteiger partial charge in [0.15, 0.2) is 0 Å². The van der Waals surface area contributed by atoms with Crippen LogP contribution in [0.1, 0.15) is 45.4 Å². The van der Waals surface area contributed by atoms with E-state index in [9.17, 15) is 4.79 Å². The van der Waals surface area contributed by atoms with Crippen LogP contribution in [-0.4, -0.2) is 61.6 Å². The van der Waals surface area contributed by atoms with E-state index in [0.29, 0.717) is 31.7 Å². The van der Waals surface area contributed by atoms with Gasteiger partial charge in [0.2, 0.25) is 5.91 Å². The molecule has 0 N–H and O–H groups in total. The van der Waals surface area contributed by atoms with E-state index in [1.807, 2.05) is 0 Å². The van der Waals surface area contributed by atoms with Gasteiger partial charge in [-0.25, -0.2) is 0 Å². The maximum absolute atomic E-state index is 12.3. The van der Waals surface area contributed by atoms with Gasteiger partial charge in [-0.15, -0.1) is 0 Å².